The van der Waals surface area contributed by atoms with Crippen LogP contribution >= 0.6 is 0 Å². The van der Waals surface area contributed by atoms with Crippen LogP contribution in [0.5, 0.6) is 0 Å². The third-order valence-electron chi connectivity index (χ3n) is 2.84. The molecule has 2 heterocycles. The summed E-state index contributed by atoms with van der Waals surface area (Å²) in [6.07, 6.45) is 3.02. The molecule has 0 atom stereocenters. The SMILES string of the molecule is CCCn1c(C)c(C)c2cccnc21. The van der Waals surface area contributed by atoms with Gasteiger partial charge in [-0.25, -0.2) is 4.98 Å². The van der Waals surface area contributed by atoms with Crippen molar-refractivity contribution < 1.29 is 0 Å². The van der Waals surface area contributed by atoms with E-state index >= 15 is 0 Å². The van der Waals surface area contributed by atoms with Gasteiger partial charge in [0.15, 0.2) is 0 Å². The first-order valence-electron chi connectivity index (χ1n) is 5.16. The van der Waals surface area contributed by atoms with Crippen molar-refractivity contribution in [2.45, 2.75) is 33.7 Å². The van der Waals surface area contributed by atoms with Gasteiger partial charge in [0.25, 0.3) is 0 Å². The summed E-state index contributed by atoms with van der Waals surface area (Å²) in [5, 5.41) is 1.29. The van der Waals surface area contributed by atoms with Crippen molar-refractivity contribution in [3.05, 3.63) is 29.6 Å². The first kappa shape index (κ1) is 9.25. The highest BCUT2D eigenvalue weighted by atomic mass is 15.0. The Hall–Kier alpha value is -1.31. The molecule has 0 fully saturated rings. The van der Waals surface area contributed by atoms with Gasteiger partial charge in [-0.2, -0.15) is 0 Å². The van der Waals surface area contributed by atoms with Crippen molar-refractivity contribution in [3.8, 4) is 0 Å². The van der Waals surface area contributed by atoms with Crippen LogP contribution in [0.25, 0.3) is 11.0 Å². The smallest absolute Gasteiger partial charge is 0.140 e. The number of nitrogens with zero attached hydrogens (tertiary/aromatic N) is 2. The molecule has 2 aromatic rings. The van der Waals surface area contributed by atoms with Crippen LogP contribution in [0.1, 0.15) is 24.6 Å². The van der Waals surface area contributed by atoms with E-state index in [1.165, 1.54) is 16.6 Å². The van der Waals surface area contributed by atoms with Gasteiger partial charge in [-0.15, -0.1) is 0 Å². The van der Waals surface area contributed by atoms with Crippen LogP contribution in [0.3, 0.4) is 0 Å². The van der Waals surface area contributed by atoms with Gasteiger partial charge in [0, 0.05) is 23.8 Å². The zero-order valence-electron chi connectivity index (χ0n) is 9.04. The number of rotatable bonds is 2. The number of aryl methyl sites for hydroxylation is 2. The van der Waals surface area contributed by atoms with Gasteiger partial charge in [0.05, 0.1) is 0 Å². The van der Waals surface area contributed by atoms with Crippen LogP contribution < -0.4 is 0 Å². The molecular weight excluding hydrogens is 172 g/mol. The topological polar surface area (TPSA) is 17.8 Å². The molecule has 0 aliphatic rings. The fourth-order valence-corrected chi connectivity index (χ4v) is 1.96. The molecule has 0 bridgehead atoms. The van der Waals surface area contributed by atoms with Crippen LogP contribution in [0.2, 0.25) is 0 Å². The molecule has 0 amide bonds. The molecule has 0 N–H and O–H groups in total. The maximum absolute atomic E-state index is 4.44. The second-order valence-electron chi connectivity index (χ2n) is 3.74. The quantitative estimate of drug-likeness (QED) is 0.708. The molecular formula is C12H16N2. The van der Waals surface area contributed by atoms with E-state index in [1.807, 2.05) is 12.3 Å². The largest absolute Gasteiger partial charge is 0.330 e. The zero-order chi connectivity index (χ0) is 10.1. The molecule has 2 aromatic heterocycles. The van der Waals surface area contributed by atoms with E-state index in [4.69, 9.17) is 0 Å². The Labute approximate surface area is 84.6 Å². The fraction of sp³-hybridized carbons (Fsp3) is 0.417. The average Bonchev–Trinajstić information content (AvgIpc) is 2.45. The van der Waals surface area contributed by atoms with Crippen molar-refractivity contribution >= 4 is 11.0 Å². The van der Waals surface area contributed by atoms with Crippen molar-refractivity contribution in [2.24, 2.45) is 0 Å². The number of hydrogen-bond donors (Lipinski definition) is 0. The highest BCUT2D eigenvalue weighted by molar-refractivity contribution is 5.81. The molecule has 0 saturated carbocycles. The summed E-state index contributed by atoms with van der Waals surface area (Å²) in [5.74, 6) is 0. The Morgan fingerprint density at radius 1 is 1.36 bits per heavy atom. The molecule has 0 aliphatic carbocycles. The van der Waals surface area contributed by atoms with Gasteiger partial charge in [0.1, 0.15) is 5.65 Å². The highest BCUT2D eigenvalue weighted by Crippen LogP contribution is 2.23. The first-order valence-corrected chi connectivity index (χ1v) is 5.16. The Bertz CT molecular complexity index is 455. The molecule has 0 unspecified atom stereocenters. The van der Waals surface area contributed by atoms with Gasteiger partial charge in [-0.3, -0.25) is 0 Å². The van der Waals surface area contributed by atoms with E-state index in [1.54, 1.807) is 0 Å². The average molecular weight is 188 g/mol. The molecule has 2 nitrogen and oxygen atoms in total. The molecule has 74 valence electrons. The summed E-state index contributed by atoms with van der Waals surface area (Å²) >= 11 is 0. The lowest BCUT2D eigenvalue weighted by atomic mass is 10.2. The summed E-state index contributed by atoms with van der Waals surface area (Å²) in [7, 11) is 0. The molecule has 0 radical (unpaired) electrons. The van der Waals surface area contributed by atoms with Crippen molar-refractivity contribution in [1.82, 2.24) is 9.55 Å². The van der Waals surface area contributed by atoms with Gasteiger partial charge in [-0.05, 0) is 38.0 Å². The number of pyridine rings is 1. The molecule has 0 spiro atoms. The van der Waals surface area contributed by atoms with Crippen molar-refractivity contribution in [1.29, 1.82) is 0 Å². The van der Waals surface area contributed by atoms with Crippen LogP contribution in [-0.4, -0.2) is 9.55 Å². The van der Waals surface area contributed by atoms with Gasteiger partial charge in [-0.1, -0.05) is 6.92 Å². The van der Waals surface area contributed by atoms with E-state index < -0.39 is 0 Å². The zero-order valence-corrected chi connectivity index (χ0v) is 9.04. The third kappa shape index (κ3) is 1.22. The molecule has 0 aliphatic heterocycles. The Morgan fingerprint density at radius 2 is 2.14 bits per heavy atom. The predicted octanol–water partition coefficient (Wildman–Crippen LogP) is 3.06. The summed E-state index contributed by atoms with van der Waals surface area (Å²) < 4.78 is 2.31. The summed E-state index contributed by atoms with van der Waals surface area (Å²) in [6, 6.07) is 4.15. The maximum Gasteiger partial charge on any atom is 0.140 e. The monoisotopic (exact) mass is 188 g/mol. The summed E-state index contributed by atoms with van der Waals surface area (Å²) in [5.41, 5.74) is 3.84. The Balaban J connectivity index is 2.74. The normalized spacial score (nSPS) is 11.1. The minimum absolute atomic E-state index is 1.06. The summed E-state index contributed by atoms with van der Waals surface area (Å²) in [6.45, 7) is 7.61. The lowest BCUT2D eigenvalue weighted by molar-refractivity contribution is 0.678. The van der Waals surface area contributed by atoms with Gasteiger partial charge in [0.2, 0.25) is 0 Å². The van der Waals surface area contributed by atoms with E-state index in [2.05, 4.69) is 36.4 Å². The van der Waals surface area contributed by atoms with Crippen LogP contribution in [0, 0.1) is 13.8 Å². The second kappa shape index (κ2) is 3.45. The van der Waals surface area contributed by atoms with E-state index in [0.717, 1.165) is 18.6 Å². The number of hydrogen-bond acceptors (Lipinski definition) is 1. The minimum atomic E-state index is 1.06. The van der Waals surface area contributed by atoms with Crippen LogP contribution in [0.4, 0.5) is 0 Å². The van der Waals surface area contributed by atoms with E-state index in [9.17, 15) is 0 Å². The lowest BCUT2D eigenvalue weighted by Gasteiger charge is -2.04. The van der Waals surface area contributed by atoms with Gasteiger partial charge >= 0.3 is 0 Å². The molecule has 0 saturated heterocycles. The lowest BCUT2D eigenvalue weighted by Crippen LogP contribution is -1.99. The van der Waals surface area contributed by atoms with Crippen molar-refractivity contribution in [2.75, 3.05) is 0 Å². The standard InChI is InChI=1S/C12H16N2/c1-4-8-14-10(3)9(2)11-6-5-7-13-12(11)14/h5-7H,4,8H2,1-3H3. The number of aromatic nitrogens is 2. The predicted molar refractivity (Wildman–Crippen MR) is 59.5 cm³/mol. The molecule has 0 aromatic carbocycles. The molecule has 2 rings (SSSR count). The first-order chi connectivity index (χ1) is 6.75. The Kier molecular flexibility index (Phi) is 2.28. The Morgan fingerprint density at radius 3 is 2.86 bits per heavy atom. The molecule has 14 heavy (non-hydrogen) atoms. The van der Waals surface area contributed by atoms with Gasteiger partial charge < -0.3 is 4.57 Å². The minimum Gasteiger partial charge on any atom is -0.330 e. The number of fused-ring (bicyclic) bond motifs is 1. The second-order valence-corrected chi connectivity index (χ2v) is 3.74. The fourth-order valence-electron chi connectivity index (χ4n) is 1.96. The van der Waals surface area contributed by atoms with Crippen molar-refractivity contribution in [3.63, 3.8) is 0 Å². The molecule has 2 heteroatoms. The highest BCUT2D eigenvalue weighted by Gasteiger charge is 2.09. The van der Waals surface area contributed by atoms with Crippen LogP contribution in [-0.2, 0) is 6.54 Å². The van der Waals surface area contributed by atoms with E-state index in [0.29, 0.717) is 0 Å². The maximum atomic E-state index is 4.44. The van der Waals surface area contributed by atoms with E-state index in [-0.39, 0.29) is 0 Å². The van der Waals surface area contributed by atoms with Crippen LogP contribution in [0.15, 0.2) is 18.3 Å². The summed E-state index contributed by atoms with van der Waals surface area (Å²) in [4.78, 5) is 4.44. The third-order valence-corrected chi connectivity index (χ3v) is 2.84.